The lowest BCUT2D eigenvalue weighted by molar-refractivity contribution is 0.647. The van der Waals surface area contributed by atoms with Gasteiger partial charge in [0.1, 0.15) is 0 Å². The second kappa shape index (κ2) is 4.65. The molecule has 19 heavy (non-hydrogen) atoms. The molecule has 1 fully saturated rings. The van der Waals surface area contributed by atoms with E-state index in [1.807, 2.05) is 12.1 Å². The number of nitriles is 1. The molecule has 0 radical (unpaired) electrons. The van der Waals surface area contributed by atoms with Crippen molar-refractivity contribution in [3.05, 3.63) is 30.5 Å². The van der Waals surface area contributed by atoms with Crippen LogP contribution in [-0.4, -0.2) is 10.5 Å². The lowest BCUT2D eigenvalue weighted by Crippen LogP contribution is -2.26. The number of benzene rings is 1. The summed E-state index contributed by atoms with van der Waals surface area (Å²) in [6, 6.07) is 8.03. The van der Waals surface area contributed by atoms with E-state index in [1.165, 1.54) is 18.4 Å². The minimum atomic E-state index is 0.110. The molecule has 5 nitrogen and oxygen atoms in total. The highest BCUT2D eigenvalue weighted by Gasteiger charge is 2.21. The van der Waals surface area contributed by atoms with Crippen LogP contribution < -0.4 is 11.1 Å². The zero-order valence-corrected chi connectivity index (χ0v) is 10.5. The second-order valence-corrected chi connectivity index (χ2v) is 4.89. The van der Waals surface area contributed by atoms with Crippen molar-refractivity contribution in [2.45, 2.75) is 19.4 Å². The molecule has 1 saturated carbocycles. The van der Waals surface area contributed by atoms with Gasteiger partial charge in [-0.15, -0.1) is 0 Å². The summed E-state index contributed by atoms with van der Waals surface area (Å²) in [5.41, 5.74) is 7.52. The molecular weight excluding hydrogens is 238 g/mol. The van der Waals surface area contributed by atoms with Crippen LogP contribution in [0.1, 0.15) is 12.8 Å². The monoisotopic (exact) mass is 253 g/mol. The maximum absolute atomic E-state index is 8.45. The first-order chi connectivity index (χ1) is 9.26. The molecule has 0 saturated heterocycles. The van der Waals surface area contributed by atoms with Crippen molar-refractivity contribution in [2.75, 3.05) is 0 Å². The third-order valence-corrected chi connectivity index (χ3v) is 3.34. The van der Waals surface area contributed by atoms with Gasteiger partial charge in [-0.1, -0.05) is 0 Å². The van der Waals surface area contributed by atoms with Crippen molar-refractivity contribution >= 4 is 22.5 Å². The van der Waals surface area contributed by atoms with Crippen LogP contribution in [-0.2, 0) is 6.54 Å². The SMILES string of the molecule is N#CNC(N)=Nc1ccc2c(ccn2CC2CC2)c1. The van der Waals surface area contributed by atoms with Crippen molar-refractivity contribution < 1.29 is 0 Å². The summed E-state index contributed by atoms with van der Waals surface area (Å²) in [7, 11) is 0. The Labute approximate surface area is 111 Å². The number of hydrogen-bond acceptors (Lipinski definition) is 2. The number of rotatable bonds is 3. The van der Waals surface area contributed by atoms with Gasteiger partial charge in [0.15, 0.2) is 6.19 Å². The Balaban J connectivity index is 1.89. The summed E-state index contributed by atoms with van der Waals surface area (Å²) in [6.45, 7) is 1.10. The molecule has 1 aliphatic rings. The third kappa shape index (κ3) is 2.52. The van der Waals surface area contributed by atoms with Crippen LogP contribution >= 0.6 is 0 Å². The van der Waals surface area contributed by atoms with Gasteiger partial charge in [0.05, 0.1) is 5.69 Å². The summed E-state index contributed by atoms with van der Waals surface area (Å²) in [5.74, 6) is 0.961. The highest BCUT2D eigenvalue weighted by molar-refractivity contribution is 5.86. The Kier molecular flexibility index (Phi) is 2.84. The van der Waals surface area contributed by atoms with Crippen molar-refractivity contribution in [3.8, 4) is 6.19 Å². The fourth-order valence-corrected chi connectivity index (χ4v) is 2.22. The van der Waals surface area contributed by atoms with E-state index in [0.717, 1.165) is 23.5 Å². The molecule has 96 valence electrons. The number of nitrogens with one attached hydrogen (secondary N) is 1. The smallest absolute Gasteiger partial charge is 0.207 e. The molecule has 1 heterocycles. The first-order valence-corrected chi connectivity index (χ1v) is 6.34. The second-order valence-electron chi connectivity index (χ2n) is 4.89. The predicted octanol–water partition coefficient (Wildman–Crippen LogP) is 2.07. The lowest BCUT2D eigenvalue weighted by Gasteiger charge is -2.04. The Bertz CT molecular complexity index is 673. The van der Waals surface area contributed by atoms with Crippen molar-refractivity contribution in [1.29, 1.82) is 5.26 Å². The number of aliphatic imine (C=N–C) groups is 1. The molecular formula is C14H15N5. The lowest BCUT2D eigenvalue weighted by atomic mass is 10.2. The average molecular weight is 253 g/mol. The normalized spacial score (nSPS) is 15.4. The molecule has 3 N–H and O–H groups in total. The number of fused-ring (bicyclic) bond motifs is 1. The van der Waals surface area contributed by atoms with E-state index in [9.17, 15) is 0 Å². The van der Waals surface area contributed by atoms with Gasteiger partial charge in [-0.2, -0.15) is 5.26 Å². The Morgan fingerprint density at radius 2 is 2.32 bits per heavy atom. The van der Waals surface area contributed by atoms with Gasteiger partial charge >= 0.3 is 0 Å². The Hall–Kier alpha value is -2.48. The molecule has 0 atom stereocenters. The molecule has 0 spiro atoms. The maximum atomic E-state index is 8.45. The largest absolute Gasteiger partial charge is 0.369 e. The van der Waals surface area contributed by atoms with Crippen LogP contribution in [0.25, 0.3) is 10.9 Å². The molecule has 0 bridgehead atoms. The van der Waals surface area contributed by atoms with E-state index in [0.29, 0.717) is 0 Å². The zero-order valence-electron chi connectivity index (χ0n) is 10.5. The van der Waals surface area contributed by atoms with Gasteiger partial charge in [-0.05, 0) is 43.0 Å². The van der Waals surface area contributed by atoms with Crippen LogP contribution in [0.3, 0.4) is 0 Å². The van der Waals surface area contributed by atoms with E-state index in [-0.39, 0.29) is 5.96 Å². The van der Waals surface area contributed by atoms with Crippen molar-refractivity contribution in [3.63, 3.8) is 0 Å². The fraction of sp³-hybridized carbons (Fsp3) is 0.286. The molecule has 0 aliphatic heterocycles. The first kappa shape index (κ1) is 11.6. The molecule has 1 aromatic heterocycles. The number of nitrogens with zero attached hydrogens (tertiary/aromatic N) is 3. The molecule has 0 unspecified atom stereocenters. The summed E-state index contributed by atoms with van der Waals surface area (Å²) in [4.78, 5) is 4.13. The van der Waals surface area contributed by atoms with Gasteiger partial charge in [-0.25, -0.2) is 4.99 Å². The summed E-state index contributed by atoms with van der Waals surface area (Å²) in [6.07, 6.45) is 6.56. The average Bonchev–Trinajstić information content (AvgIpc) is 3.11. The van der Waals surface area contributed by atoms with E-state index < -0.39 is 0 Å². The van der Waals surface area contributed by atoms with Crippen LogP contribution in [0.4, 0.5) is 5.69 Å². The highest BCUT2D eigenvalue weighted by Crippen LogP contribution is 2.32. The van der Waals surface area contributed by atoms with E-state index in [1.54, 1.807) is 6.19 Å². The Morgan fingerprint density at radius 3 is 3.05 bits per heavy atom. The summed E-state index contributed by atoms with van der Waals surface area (Å²) >= 11 is 0. The third-order valence-electron chi connectivity index (χ3n) is 3.34. The van der Waals surface area contributed by atoms with Gasteiger partial charge in [-0.3, -0.25) is 5.32 Å². The Morgan fingerprint density at radius 1 is 1.47 bits per heavy atom. The summed E-state index contributed by atoms with van der Waals surface area (Å²) < 4.78 is 2.29. The van der Waals surface area contributed by atoms with Gasteiger partial charge in [0.2, 0.25) is 5.96 Å². The molecule has 1 aromatic carbocycles. The predicted molar refractivity (Wildman–Crippen MR) is 74.7 cm³/mol. The minimum Gasteiger partial charge on any atom is -0.369 e. The van der Waals surface area contributed by atoms with Crippen LogP contribution in [0, 0.1) is 17.4 Å². The van der Waals surface area contributed by atoms with Gasteiger partial charge in [0, 0.05) is 23.6 Å². The zero-order chi connectivity index (χ0) is 13.2. The van der Waals surface area contributed by atoms with E-state index in [4.69, 9.17) is 11.0 Å². The van der Waals surface area contributed by atoms with Crippen LogP contribution in [0.15, 0.2) is 35.5 Å². The molecule has 5 heteroatoms. The topological polar surface area (TPSA) is 79.1 Å². The molecule has 1 aliphatic carbocycles. The molecule has 2 aromatic rings. The first-order valence-electron chi connectivity index (χ1n) is 6.34. The number of aromatic nitrogens is 1. The number of guanidine groups is 1. The molecule has 3 rings (SSSR count). The summed E-state index contributed by atoms with van der Waals surface area (Å²) in [5, 5.41) is 11.9. The highest BCUT2D eigenvalue weighted by atomic mass is 15.1. The van der Waals surface area contributed by atoms with Crippen molar-refractivity contribution in [2.24, 2.45) is 16.6 Å². The minimum absolute atomic E-state index is 0.110. The standard InChI is InChI=1S/C14H15N5/c15-9-17-14(16)18-12-3-4-13-11(7-12)5-6-19(13)8-10-1-2-10/h3-7,10H,1-2,8H2,(H3,16,17,18). The molecule has 0 amide bonds. The van der Waals surface area contributed by atoms with E-state index in [2.05, 4.69) is 33.2 Å². The fourth-order valence-electron chi connectivity index (χ4n) is 2.22. The number of nitrogens with two attached hydrogens (primary N) is 1. The van der Waals surface area contributed by atoms with Crippen molar-refractivity contribution in [1.82, 2.24) is 9.88 Å². The van der Waals surface area contributed by atoms with Gasteiger partial charge in [0.25, 0.3) is 0 Å². The van der Waals surface area contributed by atoms with Gasteiger partial charge < -0.3 is 10.3 Å². The van der Waals surface area contributed by atoms with Crippen LogP contribution in [0.2, 0.25) is 0 Å². The van der Waals surface area contributed by atoms with Crippen LogP contribution in [0.5, 0.6) is 0 Å². The van der Waals surface area contributed by atoms with E-state index >= 15 is 0 Å². The number of hydrogen-bond donors (Lipinski definition) is 2. The quantitative estimate of drug-likeness (QED) is 0.380. The maximum Gasteiger partial charge on any atom is 0.207 e.